The van der Waals surface area contributed by atoms with Gasteiger partial charge in [-0.25, -0.2) is 13.1 Å². The van der Waals surface area contributed by atoms with Crippen LogP contribution in [0.15, 0.2) is 23.1 Å². The fourth-order valence-electron chi connectivity index (χ4n) is 4.89. The first kappa shape index (κ1) is 17.0. The van der Waals surface area contributed by atoms with E-state index in [-0.39, 0.29) is 5.91 Å². The number of aryl methyl sites for hydroxylation is 1. The van der Waals surface area contributed by atoms with Crippen LogP contribution in [0.4, 0.5) is 5.69 Å². The normalized spacial score (nSPS) is 28.9. The van der Waals surface area contributed by atoms with Crippen molar-refractivity contribution in [1.29, 1.82) is 0 Å². The summed E-state index contributed by atoms with van der Waals surface area (Å²) in [5.41, 5.74) is 1.41. The summed E-state index contributed by atoms with van der Waals surface area (Å²) >= 11 is 0. The van der Waals surface area contributed by atoms with Crippen molar-refractivity contribution in [1.82, 2.24) is 4.72 Å². The van der Waals surface area contributed by atoms with Crippen LogP contribution >= 0.6 is 0 Å². The molecular weight excluding hydrogens is 336 g/mol. The molecule has 1 aliphatic heterocycles. The minimum atomic E-state index is -3.55. The Bertz CT molecular complexity index is 790. The number of rotatable bonds is 5. The Labute approximate surface area is 149 Å². The summed E-state index contributed by atoms with van der Waals surface area (Å²) in [5, 5.41) is 0. The highest BCUT2D eigenvalue weighted by atomic mass is 32.2. The monoisotopic (exact) mass is 362 g/mol. The lowest BCUT2D eigenvalue weighted by molar-refractivity contribution is -0.117. The summed E-state index contributed by atoms with van der Waals surface area (Å²) in [7, 11) is -3.55. The molecule has 1 amide bonds. The summed E-state index contributed by atoms with van der Waals surface area (Å²) in [5.74, 6) is 2.06. The lowest BCUT2D eigenvalue weighted by atomic mass is 9.89. The van der Waals surface area contributed by atoms with Gasteiger partial charge < -0.3 is 4.90 Å². The van der Waals surface area contributed by atoms with E-state index in [0.717, 1.165) is 24.3 Å². The van der Waals surface area contributed by atoms with Crippen molar-refractivity contribution < 1.29 is 13.2 Å². The molecule has 1 N–H and O–H groups in total. The number of amides is 1. The van der Waals surface area contributed by atoms with Crippen molar-refractivity contribution in [3.8, 4) is 0 Å². The van der Waals surface area contributed by atoms with Gasteiger partial charge in [0.25, 0.3) is 0 Å². The summed E-state index contributed by atoms with van der Waals surface area (Å²) in [6, 6.07) is 5.29. The largest absolute Gasteiger partial charge is 0.312 e. The molecule has 1 saturated heterocycles. The molecule has 3 aliphatic rings. The molecule has 0 radical (unpaired) electrons. The molecule has 5 nitrogen and oxygen atoms in total. The number of hydrogen-bond acceptors (Lipinski definition) is 3. The zero-order valence-electron chi connectivity index (χ0n) is 14.7. The van der Waals surface area contributed by atoms with Crippen molar-refractivity contribution in [2.24, 2.45) is 17.8 Å². The smallest absolute Gasteiger partial charge is 0.240 e. The van der Waals surface area contributed by atoms with Crippen molar-refractivity contribution in [3.63, 3.8) is 0 Å². The van der Waals surface area contributed by atoms with Crippen molar-refractivity contribution in [3.05, 3.63) is 23.8 Å². The number of sulfonamides is 1. The minimum Gasteiger partial charge on any atom is -0.312 e. The van der Waals surface area contributed by atoms with Gasteiger partial charge in [0.2, 0.25) is 15.9 Å². The highest BCUT2D eigenvalue weighted by Crippen LogP contribution is 2.48. The number of anilines is 1. The fourth-order valence-corrected chi connectivity index (χ4v) is 6.25. The van der Waals surface area contributed by atoms with E-state index in [9.17, 15) is 13.2 Å². The van der Waals surface area contributed by atoms with Crippen molar-refractivity contribution in [2.45, 2.75) is 50.3 Å². The van der Waals surface area contributed by atoms with Gasteiger partial charge in [-0.1, -0.05) is 12.5 Å². The van der Waals surface area contributed by atoms with Crippen LogP contribution < -0.4 is 9.62 Å². The van der Waals surface area contributed by atoms with Gasteiger partial charge in [0.05, 0.1) is 4.90 Å². The van der Waals surface area contributed by atoms with Gasteiger partial charge in [0.15, 0.2) is 0 Å². The van der Waals surface area contributed by atoms with Crippen LogP contribution in [-0.4, -0.2) is 27.4 Å². The second-order valence-electron chi connectivity index (χ2n) is 7.89. The zero-order chi connectivity index (χ0) is 17.6. The zero-order valence-corrected chi connectivity index (χ0v) is 15.5. The number of fused-ring (bicyclic) bond motifs is 2. The molecule has 2 aliphatic carbocycles. The topological polar surface area (TPSA) is 66.5 Å². The number of hydrogen-bond donors (Lipinski definition) is 1. The van der Waals surface area contributed by atoms with E-state index in [1.165, 1.54) is 19.3 Å². The van der Waals surface area contributed by atoms with Crippen molar-refractivity contribution >= 4 is 21.6 Å². The van der Waals surface area contributed by atoms with Crippen LogP contribution in [0.2, 0.25) is 0 Å². The molecule has 0 aromatic heterocycles. The van der Waals surface area contributed by atoms with Crippen LogP contribution in [0.25, 0.3) is 0 Å². The molecule has 3 unspecified atom stereocenters. The van der Waals surface area contributed by atoms with E-state index in [2.05, 4.69) is 4.72 Å². The third-order valence-corrected chi connectivity index (χ3v) is 7.83. The van der Waals surface area contributed by atoms with E-state index < -0.39 is 10.0 Å². The van der Waals surface area contributed by atoms with Crippen LogP contribution in [0.5, 0.6) is 0 Å². The lowest BCUT2D eigenvalue weighted by Crippen LogP contribution is -2.32. The van der Waals surface area contributed by atoms with E-state index >= 15 is 0 Å². The van der Waals surface area contributed by atoms with E-state index in [1.54, 1.807) is 17.0 Å². The highest BCUT2D eigenvalue weighted by molar-refractivity contribution is 7.89. The Morgan fingerprint density at radius 1 is 1.24 bits per heavy atom. The molecule has 1 heterocycles. The van der Waals surface area contributed by atoms with Crippen LogP contribution in [0.3, 0.4) is 0 Å². The van der Waals surface area contributed by atoms with E-state index in [1.807, 2.05) is 13.0 Å². The molecule has 1 aromatic rings. The summed E-state index contributed by atoms with van der Waals surface area (Å²) in [4.78, 5) is 13.9. The van der Waals surface area contributed by atoms with Gasteiger partial charge >= 0.3 is 0 Å². The first-order valence-electron chi connectivity index (χ1n) is 9.35. The summed E-state index contributed by atoms with van der Waals surface area (Å²) < 4.78 is 28.5. The number of nitrogens with one attached hydrogen (secondary N) is 1. The molecule has 4 rings (SSSR count). The average Bonchev–Trinajstić information content (AvgIpc) is 3.30. The molecule has 25 heavy (non-hydrogen) atoms. The molecule has 3 fully saturated rings. The van der Waals surface area contributed by atoms with Crippen LogP contribution in [-0.2, 0) is 14.8 Å². The molecular formula is C19H26N2O3S. The Morgan fingerprint density at radius 2 is 2.08 bits per heavy atom. The molecule has 1 aromatic carbocycles. The number of carbonyl (C=O) groups excluding carboxylic acids is 1. The third kappa shape index (κ3) is 3.22. The van der Waals surface area contributed by atoms with Gasteiger partial charge in [-0.15, -0.1) is 0 Å². The molecule has 3 atom stereocenters. The predicted octanol–water partition coefficient (Wildman–Crippen LogP) is 2.84. The lowest BCUT2D eigenvalue weighted by Gasteiger charge is -2.22. The van der Waals surface area contributed by atoms with Gasteiger partial charge in [0.1, 0.15) is 0 Å². The summed E-state index contributed by atoms with van der Waals surface area (Å²) in [6.45, 7) is 3.01. The molecule has 136 valence electrons. The van der Waals surface area contributed by atoms with E-state index in [4.69, 9.17) is 0 Å². The number of carbonyl (C=O) groups is 1. The average molecular weight is 362 g/mol. The highest BCUT2D eigenvalue weighted by Gasteiger charge is 2.39. The van der Waals surface area contributed by atoms with Gasteiger partial charge in [-0.3, -0.25) is 4.79 Å². The first-order chi connectivity index (χ1) is 11.9. The first-order valence-corrected chi connectivity index (χ1v) is 10.8. The van der Waals surface area contributed by atoms with Crippen LogP contribution in [0, 0.1) is 24.7 Å². The standard InChI is InChI=1S/C19H26N2O3S/c1-13-4-7-17(21-8-2-3-19(21)22)11-18(13)25(23,24)20-12-16-10-14-5-6-15(16)9-14/h4,7,11,14-16,20H,2-3,5-6,8-10,12H2,1H3. The van der Waals surface area contributed by atoms with Gasteiger partial charge in [0, 0.05) is 25.2 Å². The predicted molar refractivity (Wildman–Crippen MR) is 96.9 cm³/mol. The van der Waals surface area contributed by atoms with E-state index in [0.29, 0.717) is 41.9 Å². The Morgan fingerprint density at radius 3 is 2.72 bits per heavy atom. The van der Waals surface area contributed by atoms with Crippen LogP contribution in [0.1, 0.15) is 44.1 Å². The second-order valence-corrected chi connectivity index (χ2v) is 9.62. The maximum Gasteiger partial charge on any atom is 0.240 e. The Hall–Kier alpha value is -1.40. The maximum atomic E-state index is 12.9. The Balaban J connectivity index is 1.52. The number of nitrogens with zero attached hydrogens (tertiary/aromatic N) is 1. The van der Waals surface area contributed by atoms with Gasteiger partial charge in [-0.05, 0) is 68.1 Å². The minimum absolute atomic E-state index is 0.0714. The second kappa shape index (κ2) is 6.40. The molecule has 2 bridgehead atoms. The van der Waals surface area contributed by atoms with Crippen molar-refractivity contribution in [2.75, 3.05) is 18.0 Å². The molecule has 2 saturated carbocycles. The fraction of sp³-hybridized carbons (Fsp3) is 0.632. The number of benzene rings is 1. The quantitative estimate of drug-likeness (QED) is 0.876. The third-order valence-electron chi connectivity index (χ3n) is 6.27. The molecule has 0 spiro atoms. The Kier molecular flexibility index (Phi) is 4.36. The maximum absolute atomic E-state index is 12.9. The van der Waals surface area contributed by atoms with Gasteiger partial charge in [-0.2, -0.15) is 0 Å². The summed E-state index contributed by atoms with van der Waals surface area (Å²) in [6.07, 6.45) is 6.38. The molecule has 6 heteroatoms. The SMILES string of the molecule is Cc1ccc(N2CCCC2=O)cc1S(=O)(=O)NCC1CC2CCC1C2.